The second kappa shape index (κ2) is 8.19. The van der Waals surface area contributed by atoms with E-state index in [0.717, 1.165) is 19.5 Å². The summed E-state index contributed by atoms with van der Waals surface area (Å²) in [5.74, 6) is 0.0926. The summed E-state index contributed by atoms with van der Waals surface area (Å²) in [6.07, 6.45) is 1.30. The zero-order chi connectivity index (χ0) is 18.6. The lowest BCUT2D eigenvalue weighted by atomic mass is 9.92. The minimum absolute atomic E-state index is 0.0758. The molecule has 2 amide bonds. The highest BCUT2D eigenvalue weighted by atomic mass is 35.5. The Labute approximate surface area is 154 Å². The van der Waals surface area contributed by atoms with E-state index in [-0.39, 0.29) is 23.3 Å². The van der Waals surface area contributed by atoms with Gasteiger partial charge in [0.2, 0.25) is 5.91 Å². The smallest absolute Gasteiger partial charge is 0.253 e. The van der Waals surface area contributed by atoms with Crippen LogP contribution < -0.4 is 16.0 Å². The minimum Gasteiger partial charge on any atom is -0.349 e. The van der Waals surface area contributed by atoms with Crippen molar-refractivity contribution in [3.8, 4) is 0 Å². The number of benzene rings is 1. The van der Waals surface area contributed by atoms with Crippen LogP contribution >= 0.6 is 11.6 Å². The van der Waals surface area contributed by atoms with E-state index >= 15 is 0 Å². The van der Waals surface area contributed by atoms with Gasteiger partial charge in [0.1, 0.15) is 0 Å². The van der Waals surface area contributed by atoms with Crippen LogP contribution in [0.3, 0.4) is 0 Å². The molecule has 1 aromatic carbocycles. The van der Waals surface area contributed by atoms with E-state index in [9.17, 15) is 9.59 Å². The molecule has 1 aromatic rings. The highest BCUT2D eigenvalue weighted by molar-refractivity contribution is 6.34. The number of carbonyl (C=O) groups excluding carboxylic acids is 2. The topological polar surface area (TPSA) is 70.2 Å². The summed E-state index contributed by atoms with van der Waals surface area (Å²) in [5, 5.41) is 9.61. The molecule has 0 radical (unpaired) electrons. The van der Waals surface area contributed by atoms with Crippen molar-refractivity contribution < 1.29 is 9.59 Å². The molecule has 1 aliphatic rings. The van der Waals surface area contributed by atoms with Gasteiger partial charge in [-0.05, 0) is 49.0 Å². The van der Waals surface area contributed by atoms with E-state index in [4.69, 9.17) is 11.6 Å². The fraction of sp³-hybridized carbons (Fsp3) is 0.579. The van der Waals surface area contributed by atoms with Gasteiger partial charge in [-0.2, -0.15) is 0 Å². The predicted octanol–water partition coefficient (Wildman–Crippen LogP) is 3.44. The first-order valence-electron chi connectivity index (χ1n) is 8.77. The van der Waals surface area contributed by atoms with Crippen molar-refractivity contribution >= 4 is 29.1 Å². The van der Waals surface area contributed by atoms with E-state index in [1.165, 1.54) is 0 Å². The van der Waals surface area contributed by atoms with Gasteiger partial charge in [-0.1, -0.05) is 39.3 Å². The lowest BCUT2D eigenvalue weighted by Crippen LogP contribution is -2.48. The molecule has 0 aromatic heterocycles. The average molecular weight is 366 g/mol. The number of piperidine rings is 1. The van der Waals surface area contributed by atoms with Gasteiger partial charge in [0.25, 0.3) is 5.91 Å². The Bertz CT molecular complexity index is 640. The summed E-state index contributed by atoms with van der Waals surface area (Å²) in [4.78, 5) is 24.7. The summed E-state index contributed by atoms with van der Waals surface area (Å²) < 4.78 is 0. The van der Waals surface area contributed by atoms with E-state index in [1.807, 2.05) is 20.8 Å². The molecule has 1 heterocycles. The summed E-state index contributed by atoms with van der Waals surface area (Å²) in [6, 6.07) is 5.13. The Morgan fingerprint density at radius 2 is 2.04 bits per heavy atom. The van der Waals surface area contributed by atoms with Crippen molar-refractivity contribution in [2.45, 2.75) is 46.6 Å². The van der Waals surface area contributed by atoms with E-state index < -0.39 is 0 Å². The number of anilines is 1. The highest BCUT2D eigenvalue weighted by Gasteiger charge is 2.24. The predicted molar refractivity (Wildman–Crippen MR) is 102 cm³/mol. The summed E-state index contributed by atoms with van der Waals surface area (Å²) >= 11 is 6.20. The number of nitrogens with one attached hydrogen (secondary N) is 3. The third kappa shape index (κ3) is 6.01. The van der Waals surface area contributed by atoms with Gasteiger partial charge in [-0.15, -0.1) is 0 Å². The quantitative estimate of drug-likeness (QED) is 0.765. The molecule has 0 aliphatic carbocycles. The third-order valence-corrected chi connectivity index (χ3v) is 4.62. The third-order valence-electron chi connectivity index (χ3n) is 4.29. The minimum atomic E-state index is -0.198. The summed E-state index contributed by atoms with van der Waals surface area (Å²) in [6.45, 7) is 9.92. The molecule has 2 atom stereocenters. The van der Waals surface area contributed by atoms with Crippen LogP contribution in [0.15, 0.2) is 18.2 Å². The fourth-order valence-electron chi connectivity index (χ4n) is 2.94. The van der Waals surface area contributed by atoms with Crippen LogP contribution in [0.1, 0.15) is 50.9 Å². The van der Waals surface area contributed by atoms with Crippen LogP contribution in [0.2, 0.25) is 5.02 Å². The van der Waals surface area contributed by atoms with E-state index in [1.54, 1.807) is 18.2 Å². The van der Waals surface area contributed by atoms with Gasteiger partial charge in [-0.3, -0.25) is 9.59 Å². The van der Waals surface area contributed by atoms with Gasteiger partial charge in [0, 0.05) is 18.2 Å². The molecule has 6 heteroatoms. The van der Waals surface area contributed by atoms with Gasteiger partial charge >= 0.3 is 0 Å². The first kappa shape index (κ1) is 19.7. The summed E-state index contributed by atoms with van der Waals surface area (Å²) in [7, 11) is 0. The lowest BCUT2D eigenvalue weighted by molar-refractivity contribution is -0.117. The number of hydrogen-bond donors (Lipinski definition) is 3. The zero-order valence-corrected chi connectivity index (χ0v) is 16.2. The molecule has 1 aliphatic heterocycles. The Morgan fingerprint density at radius 3 is 2.68 bits per heavy atom. The first-order chi connectivity index (χ1) is 11.7. The van der Waals surface area contributed by atoms with Crippen molar-refractivity contribution in [2.75, 3.05) is 18.4 Å². The maximum absolute atomic E-state index is 12.6. The lowest BCUT2D eigenvalue weighted by Gasteiger charge is -2.30. The molecular weight excluding hydrogens is 338 g/mol. The molecule has 25 heavy (non-hydrogen) atoms. The Kier molecular flexibility index (Phi) is 6.47. The van der Waals surface area contributed by atoms with Crippen molar-refractivity contribution in [1.82, 2.24) is 10.6 Å². The molecule has 2 unspecified atom stereocenters. The van der Waals surface area contributed by atoms with Crippen LogP contribution in [0.4, 0.5) is 5.69 Å². The second-order valence-electron chi connectivity index (χ2n) is 8.03. The van der Waals surface area contributed by atoms with Crippen molar-refractivity contribution in [3.63, 3.8) is 0 Å². The molecule has 138 valence electrons. The standard InChI is InChI=1S/C19H28ClN3O2/c1-12-11-21-8-7-16(12)23-18(25)14-9-13(5-6-15(14)20)22-17(24)10-19(2,3)4/h5-6,9,12,16,21H,7-8,10-11H2,1-4H3,(H,22,24)(H,23,25). The SMILES string of the molecule is CC1CNCCC1NC(=O)c1cc(NC(=O)CC(C)(C)C)ccc1Cl. The highest BCUT2D eigenvalue weighted by Crippen LogP contribution is 2.23. The zero-order valence-electron chi connectivity index (χ0n) is 15.4. The molecule has 1 fully saturated rings. The fourth-order valence-corrected chi connectivity index (χ4v) is 3.14. The number of amides is 2. The van der Waals surface area contributed by atoms with Crippen LogP contribution in [-0.2, 0) is 4.79 Å². The molecule has 1 saturated heterocycles. The Balaban J connectivity index is 2.07. The van der Waals surface area contributed by atoms with Gasteiger partial charge in [-0.25, -0.2) is 0 Å². The van der Waals surface area contributed by atoms with Crippen LogP contribution in [0.5, 0.6) is 0 Å². The molecular formula is C19H28ClN3O2. The van der Waals surface area contributed by atoms with Crippen molar-refractivity contribution in [2.24, 2.45) is 11.3 Å². The molecule has 3 N–H and O–H groups in total. The number of carbonyl (C=O) groups is 2. The van der Waals surface area contributed by atoms with Gasteiger partial charge in [0.05, 0.1) is 10.6 Å². The second-order valence-corrected chi connectivity index (χ2v) is 8.44. The van der Waals surface area contributed by atoms with Crippen molar-refractivity contribution in [1.29, 1.82) is 0 Å². The van der Waals surface area contributed by atoms with Crippen molar-refractivity contribution in [3.05, 3.63) is 28.8 Å². The first-order valence-corrected chi connectivity index (χ1v) is 9.14. The van der Waals surface area contributed by atoms with Crippen LogP contribution in [-0.4, -0.2) is 30.9 Å². The Hall–Kier alpha value is -1.59. The largest absolute Gasteiger partial charge is 0.349 e. The number of halogens is 1. The van der Waals surface area contributed by atoms with Gasteiger partial charge in [0.15, 0.2) is 0 Å². The maximum Gasteiger partial charge on any atom is 0.253 e. The van der Waals surface area contributed by atoms with Crippen LogP contribution in [0.25, 0.3) is 0 Å². The molecule has 5 nitrogen and oxygen atoms in total. The van der Waals surface area contributed by atoms with E-state index in [2.05, 4.69) is 22.9 Å². The number of hydrogen-bond acceptors (Lipinski definition) is 3. The molecule has 0 bridgehead atoms. The monoisotopic (exact) mass is 365 g/mol. The molecule has 0 saturated carbocycles. The Morgan fingerprint density at radius 1 is 1.32 bits per heavy atom. The van der Waals surface area contributed by atoms with Crippen LogP contribution in [0, 0.1) is 11.3 Å². The van der Waals surface area contributed by atoms with E-state index in [0.29, 0.717) is 28.6 Å². The average Bonchev–Trinajstić information content (AvgIpc) is 2.49. The normalized spacial score (nSPS) is 20.8. The molecule has 0 spiro atoms. The van der Waals surface area contributed by atoms with Gasteiger partial charge < -0.3 is 16.0 Å². The number of rotatable bonds is 4. The maximum atomic E-state index is 12.6. The molecule has 2 rings (SSSR count). The summed E-state index contributed by atoms with van der Waals surface area (Å²) in [5.41, 5.74) is 0.880.